The summed E-state index contributed by atoms with van der Waals surface area (Å²) >= 11 is 1.54. The average Bonchev–Trinajstić information content (AvgIpc) is 2.65. The Kier molecular flexibility index (Phi) is 6.60. The number of nitrogens with two attached hydrogens (primary N) is 1. The predicted octanol–water partition coefficient (Wildman–Crippen LogP) is 1.97. The summed E-state index contributed by atoms with van der Waals surface area (Å²) in [4.78, 5) is 26.4. The number of thioether (sulfide) groups is 1. The number of fused-ring (bicyclic) bond motifs is 1. The number of hydrogen-bond donors (Lipinski definition) is 1. The number of carbonyl (C=O) groups is 2. The Labute approximate surface area is 163 Å². The molecule has 0 aliphatic carbocycles. The normalized spacial score (nSPS) is 27.3. The molecule has 26 heavy (non-hydrogen) atoms. The van der Waals surface area contributed by atoms with Gasteiger partial charge in [0.25, 0.3) is 0 Å². The lowest BCUT2D eigenvalue weighted by Crippen LogP contribution is -2.71. The number of esters is 1. The Morgan fingerprint density at radius 3 is 2.73 bits per heavy atom. The molecular weight excluding hydrogens is 376 g/mol. The predicted molar refractivity (Wildman–Crippen MR) is 103 cm³/mol. The van der Waals surface area contributed by atoms with Crippen molar-refractivity contribution in [2.75, 3.05) is 19.4 Å². The van der Waals surface area contributed by atoms with Gasteiger partial charge in [-0.3, -0.25) is 9.59 Å². The highest BCUT2D eigenvalue weighted by molar-refractivity contribution is 8.00. The van der Waals surface area contributed by atoms with Crippen LogP contribution in [0.1, 0.15) is 12.5 Å². The first kappa shape index (κ1) is 20.6. The number of β-lactam (4-membered cyclic amide) rings is 1. The average molecular weight is 399 g/mol. The summed E-state index contributed by atoms with van der Waals surface area (Å²) in [5.74, 6) is 0.887. The number of nitrogens with zero attached hydrogens (tertiary/aromatic N) is 1. The van der Waals surface area contributed by atoms with Crippen LogP contribution in [0.25, 0.3) is 0 Å². The summed E-state index contributed by atoms with van der Waals surface area (Å²) in [7, 11) is 1.60. The molecule has 2 heterocycles. The van der Waals surface area contributed by atoms with Crippen LogP contribution in [-0.2, 0) is 20.9 Å². The molecule has 0 bridgehead atoms. The second kappa shape index (κ2) is 8.33. The monoisotopic (exact) mass is 398 g/mol. The number of hydrogen-bond acceptors (Lipinski definition) is 6. The van der Waals surface area contributed by atoms with E-state index in [0.717, 1.165) is 11.3 Å². The van der Waals surface area contributed by atoms with E-state index in [4.69, 9.17) is 15.2 Å². The van der Waals surface area contributed by atoms with Crippen LogP contribution in [0.3, 0.4) is 0 Å². The maximum atomic E-state index is 12.8. The van der Waals surface area contributed by atoms with Gasteiger partial charge in [-0.15, -0.1) is 24.2 Å². The second-order valence-electron chi connectivity index (χ2n) is 6.27. The summed E-state index contributed by atoms with van der Waals surface area (Å²) in [5, 5.41) is -0.0275. The van der Waals surface area contributed by atoms with E-state index in [1.54, 1.807) is 12.0 Å². The summed E-state index contributed by atoms with van der Waals surface area (Å²) in [6, 6.07) is 6.91. The van der Waals surface area contributed by atoms with Crippen LogP contribution in [-0.4, -0.2) is 47.6 Å². The van der Waals surface area contributed by atoms with Crippen molar-refractivity contribution in [1.82, 2.24) is 4.90 Å². The van der Waals surface area contributed by atoms with Crippen molar-refractivity contribution in [2.45, 2.75) is 24.9 Å². The Morgan fingerprint density at radius 1 is 1.42 bits per heavy atom. The largest absolute Gasteiger partial charge is 0.497 e. The van der Waals surface area contributed by atoms with Crippen LogP contribution in [0.5, 0.6) is 5.75 Å². The van der Waals surface area contributed by atoms with Gasteiger partial charge in [-0.1, -0.05) is 24.3 Å². The SMILES string of the molecule is CC=CC1(C(=O)OCc2ccc(OC)cc2)CS[C@@H]2C(N)C(=O)N2C1.Cl. The van der Waals surface area contributed by atoms with Crippen LogP contribution in [0.2, 0.25) is 0 Å². The molecule has 2 aliphatic rings. The zero-order chi connectivity index (χ0) is 18.0. The third-order valence-electron chi connectivity index (χ3n) is 4.57. The van der Waals surface area contributed by atoms with Crippen molar-refractivity contribution in [3.05, 3.63) is 42.0 Å². The van der Waals surface area contributed by atoms with Gasteiger partial charge in [0.15, 0.2) is 0 Å². The van der Waals surface area contributed by atoms with Crippen molar-refractivity contribution >= 4 is 36.0 Å². The molecule has 2 unspecified atom stereocenters. The lowest BCUT2D eigenvalue weighted by atomic mass is 9.86. The van der Waals surface area contributed by atoms with Crippen LogP contribution < -0.4 is 10.5 Å². The van der Waals surface area contributed by atoms with Gasteiger partial charge in [0, 0.05) is 12.3 Å². The fourth-order valence-corrected chi connectivity index (χ4v) is 4.58. The number of allylic oxidation sites excluding steroid dienone is 1. The van der Waals surface area contributed by atoms with Gasteiger partial charge >= 0.3 is 5.97 Å². The Morgan fingerprint density at radius 2 is 2.12 bits per heavy atom. The van der Waals surface area contributed by atoms with E-state index in [0.29, 0.717) is 12.3 Å². The second-order valence-corrected chi connectivity index (χ2v) is 7.38. The van der Waals surface area contributed by atoms with Crippen LogP contribution in [0, 0.1) is 5.41 Å². The summed E-state index contributed by atoms with van der Waals surface area (Å²) in [5.41, 5.74) is 5.88. The molecule has 3 rings (SSSR count). The molecule has 142 valence electrons. The lowest BCUT2D eigenvalue weighted by Gasteiger charge is -2.52. The number of halogens is 1. The van der Waals surface area contributed by atoms with E-state index >= 15 is 0 Å². The van der Waals surface area contributed by atoms with Crippen LogP contribution >= 0.6 is 24.2 Å². The first-order valence-electron chi connectivity index (χ1n) is 8.12. The van der Waals surface area contributed by atoms with E-state index in [1.807, 2.05) is 43.3 Å². The number of amides is 1. The van der Waals surface area contributed by atoms with Gasteiger partial charge in [-0.25, -0.2) is 0 Å². The van der Waals surface area contributed by atoms with E-state index in [2.05, 4.69) is 0 Å². The molecule has 2 saturated heterocycles. The Bertz CT molecular complexity index is 697. The summed E-state index contributed by atoms with van der Waals surface area (Å²) < 4.78 is 10.7. The van der Waals surface area contributed by atoms with Gasteiger partial charge < -0.3 is 20.1 Å². The molecular formula is C18H23ClN2O4S. The van der Waals surface area contributed by atoms with Crippen LogP contribution in [0.4, 0.5) is 0 Å². The molecule has 1 aromatic rings. The van der Waals surface area contributed by atoms with Gasteiger partial charge in [-0.05, 0) is 24.6 Å². The molecule has 0 spiro atoms. The van der Waals surface area contributed by atoms with Gasteiger partial charge in [0.05, 0.1) is 7.11 Å². The van der Waals surface area contributed by atoms with Crippen molar-refractivity contribution in [3.8, 4) is 5.75 Å². The maximum Gasteiger partial charge on any atom is 0.318 e. The molecule has 1 amide bonds. The molecule has 0 aromatic heterocycles. The number of benzene rings is 1. The first-order valence-corrected chi connectivity index (χ1v) is 9.17. The van der Waals surface area contributed by atoms with E-state index in [-0.39, 0.29) is 36.3 Å². The zero-order valence-electron chi connectivity index (χ0n) is 14.7. The fourth-order valence-electron chi connectivity index (χ4n) is 3.12. The van der Waals surface area contributed by atoms with E-state index in [1.165, 1.54) is 11.8 Å². The standard InChI is InChI=1S/C18H22N2O4S.ClH/c1-3-8-18(10-20-15(21)14(19)16(20)25-11-18)17(22)24-9-12-4-6-13(23-2)7-5-12;/h3-8,14,16H,9-11,19H2,1-2H3;1H/t14?,16-,18?;/m1./s1. The van der Waals surface area contributed by atoms with Crippen molar-refractivity contribution in [2.24, 2.45) is 11.1 Å². The molecule has 1 aromatic carbocycles. The van der Waals surface area contributed by atoms with Gasteiger partial charge in [0.2, 0.25) is 5.91 Å². The molecule has 0 saturated carbocycles. The van der Waals surface area contributed by atoms with E-state index < -0.39 is 11.5 Å². The number of carbonyl (C=O) groups excluding carboxylic acids is 2. The zero-order valence-corrected chi connectivity index (χ0v) is 16.3. The Balaban J connectivity index is 0.00000243. The quantitative estimate of drug-likeness (QED) is 0.464. The molecule has 2 fully saturated rings. The summed E-state index contributed by atoms with van der Waals surface area (Å²) in [6.07, 6.45) is 3.67. The molecule has 3 atom stereocenters. The van der Waals surface area contributed by atoms with Crippen molar-refractivity contribution in [3.63, 3.8) is 0 Å². The fraction of sp³-hybridized carbons (Fsp3) is 0.444. The maximum absolute atomic E-state index is 12.8. The van der Waals surface area contributed by atoms with E-state index in [9.17, 15) is 9.59 Å². The lowest BCUT2D eigenvalue weighted by molar-refractivity contribution is -0.159. The first-order chi connectivity index (χ1) is 12.0. The molecule has 2 aliphatic heterocycles. The Hall–Kier alpha value is -1.70. The highest BCUT2D eigenvalue weighted by Gasteiger charge is 2.55. The van der Waals surface area contributed by atoms with Crippen molar-refractivity contribution < 1.29 is 19.1 Å². The van der Waals surface area contributed by atoms with Crippen molar-refractivity contribution in [1.29, 1.82) is 0 Å². The minimum atomic E-state index is -0.821. The minimum absolute atomic E-state index is 0. The molecule has 8 heteroatoms. The minimum Gasteiger partial charge on any atom is -0.497 e. The molecule has 2 N–H and O–H groups in total. The third kappa shape index (κ3) is 3.70. The highest BCUT2D eigenvalue weighted by Crippen LogP contribution is 2.42. The smallest absolute Gasteiger partial charge is 0.318 e. The molecule has 0 radical (unpaired) electrons. The topological polar surface area (TPSA) is 81.9 Å². The number of ether oxygens (including phenoxy) is 2. The molecule has 6 nitrogen and oxygen atoms in total. The number of rotatable bonds is 5. The number of methoxy groups -OCH3 is 1. The van der Waals surface area contributed by atoms with Gasteiger partial charge in [-0.2, -0.15) is 0 Å². The summed E-state index contributed by atoms with van der Waals surface area (Å²) in [6.45, 7) is 2.37. The third-order valence-corrected chi connectivity index (χ3v) is 6.14. The highest BCUT2D eigenvalue weighted by atomic mass is 35.5. The van der Waals surface area contributed by atoms with Crippen LogP contribution in [0.15, 0.2) is 36.4 Å². The van der Waals surface area contributed by atoms with Gasteiger partial charge in [0.1, 0.15) is 29.2 Å².